The normalized spacial score (nSPS) is 16.0. The number of nitrogens with zero attached hydrogens (tertiary/aromatic N) is 3. The van der Waals surface area contributed by atoms with Crippen LogP contribution < -0.4 is 4.74 Å². The molecule has 154 valence electrons. The van der Waals surface area contributed by atoms with Crippen molar-refractivity contribution in [1.82, 2.24) is 14.4 Å². The lowest BCUT2D eigenvalue weighted by Crippen LogP contribution is -2.43. The molecule has 0 N–H and O–H groups in total. The number of hydrogen-bond acceptors (Lipinski definition) is 3. The smallest absolute Gasteiger partial charge is 0.123 e. The average molecular weight is 396 g/mol. The predicted molar refractivity (Wildman–Crippen MR) is 116 cm³/mol. The molecule has 0 unspecified atom stereocenters. The van der Waals surface area contributed by atoms with Gasteiger partial charge >= 0.3 is 0 Å². The minimum atomic E-state index is -0.216. The van der Waals surface area contributed by atoms with E-state index >= 15 is 0 Å². The van der Waals surface area contributed by atoms with E-state index in [0.29, 0.717) is 12.5 Å². The van der Waals surface area contributed by atoms with Crippen molar-refractivity contribution in [1.29, 1.82) is 0 Å². The molecule has 2 heterocycles. The molecule has 3 aromatic rings. The largest absolute Gasteiger partial charge is 0.493 e. The standard InChI is InChI=1S/C24H30FN3O/c1-18(2)17-29-22-8-9-24-23(14-22)19(15-27-12-10-26(3)11-13-27)16-28(24)21-6-4-20(25)5-7-21/h4-9,14,16,18H,10-13,15,17H2,1-3H3. The number of halogens is 1. The van der Waals surface area contributed by atoms with E-state index in [4.69, 9.17) is 4.74 Å². The lowest BCUT2D eigenvalue weighted by molar-refractivity contribution is 0.148. The molecule has 0 aliphatic carbocycles. The highest BCUT2D eigenvalue weighted by Crippen LogP contribution is 2.30. The van der Waals surface area contributed by atoms with Gasteiger partial charge in [0.25, 0.3) is 0 Å². The molecule has 1 aliphatic rings. The summed E-state index contributed by atoms with van der Waals surface area (Å²) in [7, 11) is 2.18. The lowest BCUT2D eigenvalue weighted by atomic mass is 10.1. The van der Waals surface area contributed by atoms with Crippen LogP contribution in [0.3, 0.4) is 0 Å². The molecule has 0 amide bonds. The minimum absolute atomic E-state index is 0.216. The maximum absolute atomic E-state index is 13.4. The summed E-state index contributed by atoms with van der Waals surface area (Å²) in [6.45, 7) is 10.3. The summed E-state index contributed by atoms with van der Waals surface area (Å²) in [6, 6.07) is 13.0. The van der Waals surface area contributed by atoms with Crippen molar-refractivity contribution in [2.75, 3.05) is 39.8 Å². The van der Waals surface area contributed by atoms with Crippen molar-refractivity contribution < 1.29 is 9.13 Å². The van der Waals surface area contributed by atoms with E-state index in [1.54, 1.807) is 0 Å². The minimum Gasteiger partial charge on any atom is -0.493 e. The van der Waals surface area contributed by atoms with Crippen LogP contribution in [0.2, 0.25) is 0 Å². The predicted octanol–water partition coefficient (Wildman–Crippen LogP) is 4.55. The molecule has 5 heteroatoms. The molecular weight excluding hydrogens is 365 g/mol. The molecule has 0 atom stereocenters. The van der Waals surface area contributed by atoms with Gasteiger partial charge < -0.3 is 14.2 Å². The topological polar surface area (TPSA) is 20.6 Å². The molecule has 0 bridgehead atoms. The van der Waals surface area contributed by atoms with Gasteiger partial charge in [0.2, 0.25) is 0 Å². The van der Waals surface area contributed by atoms with Gasteiger partial charge in [-0.3, -0.25) is 4.90 Å². The highest BCUT2D eigenvalue weighted by Gasteiger charge is 2.18. The zero-order valence-corrected chi connectivity index (χ0v) is 17.6. The summed E-state index contributed by atoms with van der Waals surface area (Å²) in [6.07, 6.45) is 2.20. The molecule has 1 aromatic heterocycles. The van der Waals surface area contributed by atoms with E-state index in [0.717, 1.165) is 49.7 Å². The second kappa shape index (κ2) is 8.56. The molecule has 2 aromatic carbocycles. The van der Waals surface area contributed by atoms with Crippen LogP contribution in [-0.2, 0) is 6.54 Å². The van der Waals surface area contributed by atoms with Gasteiger partial charge in [0.15, 0.2) is 0 Å². The van der Waals surface area contributed by atoms with E-state index in [1.807, 2.05) is 18.2 Å². The number of fused-ring (bicyclic) bond motifs is 1. The lowest BCUT2D eigenvalue weighted by Gasteiger charge is -2.32. The van der Waals surface area contributed by atoms with Crippen LogP contribution in [0.25, 0.3) is 16.6 Å². The van der Waals surface area contributed by atoms with Crippen molar-refractivity contribution in [2.45, 2.75) is 20.4 Å². The molecule has 1 fully saturated rings. The summed E-state index contributed by atoms with van der Waals surface area (Å²) in [5, 5.41) is 1.20. The van der Waals surface area contributed by atoms with E-state index in [1.165, 1.54) is 23.1 Å². The first-order valence-electron chi connectivity index (χ1n) is 10.4. The Morgan fingerprint density at radius 2 is 1.72 bits per heavy atom. The Kier molecular flexibility index (Phi) is 5.88. The Morgan fingerprint density at radius 1 is 1.00 bits per heavy atom. The second-order valence-corrected chi connectivity index (χ2v) is 8.46. The molecule has 0 radical (unpaired) electrons. The highest BCUT2D eigenvalue weighted by molar-refractivity contribution is 5.87. The van der Waals surface area contributed by atoms with Gasteiger partial charge in [0, 0.05) is 50.0 Å². The number of ether oxygens (including phenoxy) is 1. The maximum Gasteiger partial charge on any atom is 0.123 e. The first kappa shape index (κ1) is 19.9. The van der Waals surface area contributed by atoms with Crippen molar-refractivity contribution in [3.63, 3.8) is 0 Å². The van der Waals surface area contributed by atoms with Gasteiger partial charge in [-0.2, -0.15) is 0 Å². The Morgan fingerprint density at radius 3 is 2.41 bits per heavy atom. The van der Waals surface area contributed by atoms with Crippen molar-refractivity contribution in [3.8, 4) is 11.4 Å². The fraction of sp³-hybridized carbons (Fsp3) is 0.417. The third-order valence-electron chi connectivity index (χ3n) is 5.54. The summed E-state index contributed by atoms with van der Waals surface area (Å²) in [5.41, 5.74) is 3.37. The average Bonchev–Trinajstić information content (AvgIpc) is 3.06. The fourth-order valence-electron chi connectivity index (χ4n) is 3.82. The summed E-state index contributed by atoms with van der Waals surface area (Å²) >= 11 is 0. The first-order valence-corrected chi connectivity index (χ1v) is 10.4. The summed E-state index contributed by atoms with van der Waals surface area (Å²) < 4.78 is 21.6. The molecule has 4 nitrogen and oxygen atoms in total. The van der Waals surface area contributed by atoms with Gasteiger partial charge in [-0.05, 0) is 61.0 Å². The zero-order chi connectivity index (χ0) is 20.4. The number of likely N-dealkylation sites (N-methyl/N-ethyl adjacent to an activating group) is 1. The molecular formula is C24H30FN3O. The van der Waals surface area contributed by atoms with Crippen LogP contribution >= 0.6 is 0 Å². The fourth-order valence-corrected chi connectivity index (χ4v) is 3.82. The van der Waals surface area contributed by atoms with Crippen LogP contribution in [0.1, 0.15) is 19.4 Å². The molecule has 1 aliphatic heterocycles. The number of rotatable bonds is 6. The van der Waals surface area contributed by atoms with Crippen LogP contribution in [0.4, 0.5) is 4.39 Å². The monoisotopic (exact) mass is 395 g/mol. The van der Waals surface area contributed by atoms with E-state index in [9.17, 15) is 4.39 Å². The van der Waals surface area contributed by atoms with Crippen molar-refractivity contribution in [3.05, 3.63) is 60.0 Å². The van der Waals surface area contributed by atoms with Gasteiger partial charge in [-0.1, -0.05) is 13.8 Å². The molecule has 1 saturated heterocycles. The van der Waals surface area contributed by atoms with Gasteiger partial charge in [-0.25, -0.2) is 4.39 Å². The van der Waals surface area contributed by atoms with Crippen molar-refractivity contribution in [2.24, 2.45) is 5.92 Å². The second-order valence-electron chi connectivity index (χ2n) is 8.46. The Balaban J connectivity index is 1.70. The maximum atomic E-state index is 13.4. The van der Waals surface area contributed by atoms with Crippen molar-refractivity contribution >= 4 is 10.9 Å². The van der Waals surface area contributed by atoms with E-state index in [2.05, 4.69) is 53.6 Å². The first-order chi connectivity index (χ1) is 14.0. The third-order valence-corrected chi connectivity index (χ3v) is 5.54. The van der Waals surface area contributed by atoms with Crippen LogP contribution in [0, 0.1) is 11.7 Å². The number of piperazine rings is 1. The summed E-state index contributed by atoms with van der Waals surface area (Å²) in [5.74, 6) is 1.18. The summed E-state index contributed by atoms with van der Waals surface area (Å²) in [4.78, 5) is 4.88. The molecule has 0 spiro atoms. The quantitative estimate of drug-likeness (QED) is 0.611. The Bertz CT molecular complexity index is 956. The SMILES string of the molecule is CC(C)COc1ccc2c(c1)c(CN1CCN(C)CC1)cn2-c1ccc(F)cc1. The molecule has 0 saturated carbocycles. The van der Waals surface area contributed by atoms with Gasteiger partial charge in [0.1, 0.15) is 11.6 Å². The zero-order valence-electron chi connectivity index (χ0n) is 17.6. The van der Waals surface area contributed by atoms with Crippen LogP contribution in [0.5, 0.6) is 5.75 Å². The van der Waals surface area contributed by atoms with E-state index in [-0.39, 0.29) is 5.82 Å². The van der Waals surface area contributed by atoms with Gasteiger partial charge in [0.05, 0.1) is 12.1 Å². The third kappa shape index (κ3) is 4.62. The number of hydrogen-bond donors (Lipinski definition) is 0. The van der Waals surface area contributed by atoms with Gasteiger partial charge in [-0.15, -0.1) is 0 Å². The Hall–Kier alpha value is -2.37. The highest BCUT2D eigenvalue weighted by atomic mass is 19.1. The molecule has 4 rings (SSSR count). The number of aromatic nitrogens is 1. The van der Waals surface area contributed by atoms with E-state index < -0.39 is 0 Å². The molecule has 29 heavy (non-hydrogen) atoms. The van der Waals surface area contributed by atoms with Crippen LogP contribution in [-0.4, -0.2) is 54.2 Å². The Labute approximate surface area is 172 Å². The number of benzene rings is 2. The van der Waals surface area contributed by atoms with Crippen LogP contribution in [0.15, 0.2) is 48.7 Å².